The summed E-state index contributed by atoms with van der Waals surface area (Å²) < 4.78 is 14.6. The number of nitrogens with two attached hydrogens (primary N) is 1. The molecule has 0 amide bonds. The van der Waals surface area contributed by atoms with Gasteiger partial charge in [0.05, 0.1) is 12.9 Å². The fraction of sp³-hybridized carbons (Fsp3) is 0.562. The van der Waals surface area contributed by atoms with Gasteiger partial charge in [-0.25, -0.2) is 9.78 Å². The smallest absolute Gasteiger partial charge is 0.351 e. The molecule has 3 rings (SSSR count). The zero-order valence-electron chi connectivity index (χ0n) is 14.2. The van der Waals surface area contributed by atoms with Crippen molar-refractivity contribution in [1.82, 2.24) is 19.1 Å². The molecule has 142 valence electrons. The Hall–Kier alpha value is -2.27. The van der Waals surface area contributed by atoms with Crippen molar-refractivity contribution < 1.29 is 19.7 Å². The molecule has 2 aromatic heterocycles. The maximum Gasteiger partial charge on any atom is 0.351 e. The van der Waals surface area contributed by atoms with Crippen LogP contribution in [0.2, 0.25) is 0 Å². The highest BCUT2D eigenvalue weighted by atomic mass is 16.6. The first-order chi connectivity index (χ1) is 12.6. The molecule has 0 radical (unpaired) electrons. The van der Waals surface area contributed by atoms with Gasteiger partial charge in [-0.1, -0.05) is 0 Å². The molecule has 4 atom stereocenters. The predicted molar refractivity (Wildman–Crippen MR) is 91.1 cm³/mol. The largest absolute Gasteiger partial charge is 0.394 e. The maximum atomic E-state index is 12.1. The molecule has 2 unspecified atom stereocenters. The number of nitrogens with zero attached hydrogens (tertiary/aromatic N) is 4. The van der Waals surface area contributed by atoms with Gasteiger partial charge in [0.1, 0.15) is 24.1 Å². The Morgan fingerprint density at radius 2 is 2.19 bits per heavy atom. The molecule has 0 aromatic carbocycles. The lowest BCUT2D eigenvalue weighted by molar-refractivity contribution is -0.0749. The maximum absolute atomic E-state index is 12.1. The van der Waals surface area contributed by atoms with Crippen molar-refractivity contribution in [2.24, 2.45) is 0 Å². The standard InChI is InChI=1S/C16H23N5O5/c17-12-3-6-21(16(24)19-12)15-14(13(23)11(9-22)26-15)25-8-2-1-5-20-7-4-18-10-20/h3-4,6-7,10-11,13-15,22-23H,1-2,5,8-9H2,(H2,17,19,24)/t11-,13?,14?,15-/m1/s1. The summed E-state index contributed by atoms with van der Waals surface area (Å²) in [6.45, 7) is 0.817. The molecule has 26 heavy (non-hydrogen) atoms. The molecule has 1 aliphatic rings. The Morgan fingerprint density at radius 3 is 2.88 bits per heavy atom. The molecule has 4 N–H and O–H groups in total. The monoisotopic (exact) mass is 365 g/mol. The number of hydrogen-bond donors (Lipinski definition) is 3. The first-order valence-corrected chi connectivity index (χ1v) is 8.46. The molecule has 0 spiro atoms. The number of unbranched alkanes of at least 4 members (excludes halogenated alkanes) is 1. The number of aliphatic hydroxyl groups is 2. The van der Waals surface area contributed by atoms with Gasteiger partial charge in [0.2, 0.25) is 0 Å². The molecule has 10 heteroatoms. The Kier molecular flexibility index (Phi) is 5.99. The SMILES string of the molecule is Nc1ccn([C@@H]2O[C@H](CO)C(O)C2OCCCCn2ccnc2)c(=O)n1. The summed E-state index contributed by atoms with van der Waals surface area (Å²) >= 11 is 0. The lowest BCUT2D eigenvalue weighted by Crippen LogP contribution is -2.38. The number of ether oxygens (including phenoxy) is 2. The molecule has 10 nitrogen and oxygen atoms in total. The van der Waals surface area contributed by atoms with E-state index in [0.717, 1.165) is 19.4 Å². The van der Waals surface area contributed by atoms with E-state index in [1.807, 2.05) is 10.8 Å². The zero-order chi connectivity index (χ0) is 18.5. The van der Waals surface area contributed by atoms with Crippen molar-refractivity contribution in [2.75, 3.05) is 18.9 Å². The summed E-state index contributed by atoms with van der Waals surface area (Å²) in [4.78, 5) is 19.7. The van der Waals surface area contributed by atoms with Gasteiger partial charge in [0.15, 0.2) is 6.23 Å². The van der Waals surface area contributed by atoms with Crippen LogP contribution in [0.5, 0.6) is 0 Å². The van der Waals surface area contributed by atoms with Crippen molar-refractivity contribution >= 4 is 5.82 Å². The van der Waals surface area contributed by atoms with Crippen LogP contribution in [-0.2, 0) is 16.0 Å². The third-order valence-corrected chi connectivity index (χ3v) is 4.30. The van der Waals surface area contributed by atoms with Crippen molar-refractivity contribution in [1.29, 1.82) is 0 Å². The number of aromatic nitrogens is 4. The minimum absolute atomic E-state index is 0.0977. The van der Waals surface area contributed by atoms with Crippen LogP contribution in [0.1, 0.15) is 19.1 Å². The van der Waals surface area contributed by atoms with E-state index in [0.29, 0.717) is 6.61 Å². The van der Waals surface area contributed by atoms with E-state index in [4.69, 9.17) is 15.2 Å². The summed E-state index contributed by atoms with van der Waals surface area (Å²) in [6.07, 6.45) is 4.88. The Balaban J connectivity index is 1.61. The van der Waals surface area contributed by atoms with Crippen molar-refractivity contribution in [3.8, 4) is 0 Å². The van der Waals surface area contributed by atoms with Crippen molar-refractivity contribution in [3.63, 3.8) is 0 Å². The van der Waals surface area contributed by atoms with E-state index >= 15 is 0 Å². The Bertz CT molecular complexity index is 750. The second-order valence-electron chi connectivity index (χ2n) is 6.12. The summed E-state index contributed by atoms with van der Waals surface area (Å²) in [5.74, 6) is 0.0977. The molecular weight excluding hydrogens is 342 g/mol. The molecular formula is C16H23N5O5. The quantitative estimate of drug-likeness (QED) is 0.514. The summed E-state index contributed by atoms with van der Waals surface area (Å²) in [5.41, 5.74) is 4.90. The minimum atomic E-state index is -1.05. The predicted octanol–water partition coefficient (Wildman–Crippen LogP) is -0.862. The second-order valence-corrected chi connectivity index (χ2v) is 6.12. The topological polar surface area (TPSA) is 138 Å². The normalized spacial score (nSPS) is 25.6. The average Bonchev–Trinajstić information content (AvgIpc) is 3.23. The number of aryl methyl sites for hydroxylation is 1. The zero-order valence-corrected chi connectivity index (χ0v) is 14.2. The highest BCUT2D eigenvalue weighted by Crippen LogP contribution is 2.31. The van der Waals surface area contributed by atoms with Crippen LogP contribution >= 0.6 is 0 Å². The number of nitrogen functional groups attached to an aromatic ring is 1. The van der Waals surface area contributed by atoms with Gasteiger partial charge in [-0.05, 0) is 18.9 Å². The lowest BCUT2D eigenvalue weighted by Gasteiger charge is -2.22. The van der Waals surface area contributed by atoms with E-state index < -0.39 is 30.2 Å². The van der Waals surface area contributed by atoms with E-state index in [2.05, 4.69) is 9.97 Å². The summed E-state index contributed by atoms with van der Waals surface area (Å²) in [5, 5.41) is 19.7. The molecule has 1 fully saturated rings. The van der Waals surface area contributed by atoms with Gasteiger partial charge < -0.3 is 30.0 Å². The number of hydrogen-bond acceptors (Lipinski definition) is 8. The molecule has 2 aromatic rings. The number of anilines is 1. The van der Waals surface area contributed by atoms with Gasteiger partial charge >= 0.3 is 5.69 Å². The highest BCUT2D eigenvalue weighted by Gasteiger charge is 2.45. The molecule has 1 saturated heterocycles. The third kappa shape index (κ3) is 4.10. The van der Waals surface area contributed by atoms with Crippen LogP contribution in [0.4, 0.5) is 5.82 Å². The summed E-state index contributed by atoms with van der Waals surface area (Å²) in [6, 6.07) is 1.46. The van der Waals surface area contributed by atoms with Gasteiger partial charge in [-0.15, -0.1) is 0 Å². The van der Waals surface area contributed by atoms with Crippen LogP contribution in [0.25, 0.3) is 0 Å². The summed E-state index contributed by atoms with van der Waals surface area (Å²) in [7, 11) is 0. The van der Waals surface area contributed by atoms with Gasteiger partial charge in [-0.2, -0.15) is 4.98 Å². The fourth-order valence-electron chi connectivity index (χ4n) is 2.93. The van der Waals surface area contributed by atoms with Crippen LogP contribution in [-0.4, -0.2) is 60.8 Å². The highest BCUT2D eigenvalue weighted by molar-refractivity contribution is 5.23. The Morgan fingerprint density at radius 1 is 1.35 bits per heavy atom. The van der Waals surface area contributed by atoms with Crippen molar-refractivity contribution in [3.05, 3.63) is 41.5 Å². The van der Waals surface area contributed by atoms with E-state index in [-0.39, 0.29) is 12.4 Å². The van der Waals surface area contributed by atoms with Crippen LogP contribution < -0.4 is 11.4 Å². The molecule has 0 bridgehead atoms. The van der Waals surface area contributed by atoms with Crippen LogP contribution in [0.3, 0.4) is 0 Å². The molecule has 0 saturated carbocycles. The van der Waals surface area contributed by atoms with Crippen LogP contribution in [0, 0.1) is 0 Å². The minimum Gasteiger partial charge on any atom is -0.394 e. The van der Waals surface area contributed by atoms with Gasteiger partial charge in [0.25, 0.3) is 0 Å². The van der Waals surface area contributed by atoms with E-state index in [1.165, 1.54) is 16.8 Å². The second kappa shape index (κ2) is 8.41. The molecule has 3 heterocycles. The van der Waals surface area contributed by atoms with E-state index in [1.54, 1.807) is 12.5 Å². The van der Waals surface area contributed by atoms with Crippen molar-refractivity contribution in [2.45, 2.75) is 43.9 Å². The van der Waals surface area contributed by atoms with Gasteiger partial charge in [0, 0.05) is 31.7 Å². The lowest BCUT2D eigenvalue weighted by atomic mass is 10.1. The average molecular weight is 365 g/mol. The fourth-order valence-corrected chi connectivity index (χ4v) is 2.93. The number of rotatable bonds is 8. The third-order valence-electron chi connectivity index (χ3n) is 4.30. The molecule has 0 aliphatic carbocycles. The number of aliphatic hydroxyl groups excluding tert-OH is 2. The van der Waals surface area contributed by atoms with Crippen LogP contribution in [0.15, 0.2) is 35.8 Å². The van der Waals surface area contributed by atoms with Gasteiger partial charge in [-0.3, -0.25) is 4.57 Å². The molecule has 1 aliphatic heterocycles. The first-order valence-electron chi connectivity index (χ1n) is 8.46. The Labute approximate surface area is 149 Å². The first kappa shape index (κ1) is 18.5. The van der Waals surface area contributed by atoms with E-state index in [9.17, 15) is 15.0 Å². The number of imidazole rings is 1.